The number of hydrazine groups is 1. The highest BCUT2D eigenvalue weighted by molar-refractivity contribution is 5.79. The molecule has 1 fully saturated rings. The third kappa shape index (κ3) is 6.78. The lowest BCUT2D eigenvalue weighted by atomic mass is 9.81. The molecular weight excluding hydrogens is 240 g/mol. The summed E-state index contributed by atoms with van der Waals surface area (Å²) in [4.78, 5) is 4.49. The van der Waals surface area contributed by atoms with Crippen LogP contribution in [0.3, 0.4) is 0 Å². The molecule has 1 rings (SSSR count). The van der Waals surface area contributed by atoms with E-state index in [1.807, 2.05) is 6.92 Å². The SMILES string of the molecule is COCC(C)NC(=NCCC1CCC(C)CC1)NN. The molecule has 0 aliphatic heterocycles. The van der Waals surface area contributed by atoms with Crippen molar-refractivity contribution in [1.29, 1.82) is 0 Å². The Morgan fingerprint density at radius 3 is 2.63 bits per heavy atom. The number of nitrogens with two attached hydrogens (primary N) is 1. The van der Waals surface area contributed by atoms with Gasteiger partial charge in [-0.15, -0.1) is 0 Å². The first-order valence-corrected chi connectivity index (χ1v) is 7.42. The standard InChI is InChI=1S/C14H30N4O/c1-11-4-6-13(7-5-11)8-9-16-14(18-15)17-12(2)10-19-3/h11-13H,4-10,15H2,1-3H3,(H2,16,17,18). The second-order valence-electron chi connectivity index (χ2n) is 5.79. The van der Waals surface area contributed by atoms with Crippen LogP contribution in [0, 0.1) is 11.8 Å². The lowest BCUT2D eigenvalue weighted by Crippen LogP contribution is -2.47. The van der Waals surface area contributed by atoms with E-state index in [1.54, 1.807) is 7.11 Å². The van der Waals surface area contributed by atoms with Crippen LogP contribution in [-0.4, -0.2) is 32.3 Å². The van der Waals surface area contributed by atoms with E-state index in [4.69, 9.17) is 10.6 Å². The van der Waals surface area contributed by atoms with Crippen LogP contribution in [-0.2, 0) is 4.74 Å². The van der Waals surface area contributed by atoms with Gasteiger partial charge in [-0.2, -0.15) is 0 Å². The molecule has 0 aromatic rings. The molecule has 0 aromatic heterocycles. The van der Waals surface area contributed by atoms with Crippen molar-refractivity contribution in [2.24, 2.45) is 22.7 Å². The first-order valence-electron chi connectivity index (χ1n) is 7.42. The molecule has 1 aliphatic carbocycles. The van der Waals surface area contributed by atoms with Gasteiger partial charge in [-0.25, -0.2) is 5.84 Å². The summed E-state index contributed by atoms with van der Waals surface area (Å²) in [5, 5.41) is 3.20. The lowest BCUT2D eigenvalue weighted by molar-refractivity contribution is 0.179. The van der Waals surface area contributed by atoms with Crippen molar-refractivity contribution in [3.05, 3.63) is 0 Å². The largest absolute Gasteiger partial charge is 0.383 e. The zero-order valence-corrected chi connectivity index (χ0v) is 12.6. The third-order valence-corrected chi connectivity index (χ3v) is 3.88. The van der Waals surface area contributed by atoms with Crippen LogP contribution in [0.15, 0.2) is 4.99 Å². The number of ether oxygens (including phenoxy) is 1. The fourth-order valence-electron chi connectivity index (χ4n) is 2.63. The average Bonchev–Trinajstić information content (AvgIpc) is 2.40. The highest BCUT2D eigenvalue weighted by Gasteiger charge is 2.17. The van der Waals surface area contributed by atoms with Crippen LogP contribution in [0.1, 0.15) is 46.0 Å². The maximum atomic E-state index is 5.47. The first kappa shape index (κ1) is 16.2. The fourth-order valence-corrected chi connectivity index (χ4v) is 2.63. The fraction of sp³-hybridized carbons (Fsp3) is 0.929. The Morgan fingerprint density at radius 1 is 1.37 bits per heavy atom. The summed E-state index contributed by atoms with van der Waals surface area (Å²) in [5.41, 5.74) is 2.62. The molecule has 0 aromatic carbocycles. The number of nitrogens with zero attached hydrogens (tertiary/aromatic N) is 1. The molecule has 0 amide bonds. The smallest absolute Gasteiger partial charge is 0.206 e. The molecule has 0 heterocycles. The number of aliphatic imine (C=N–C) groups is 1. The molecule has 1 atom stereocenters. The summed E-state index contributed by atoms with van der Waals surface area (Å²) in [6.07, 6.45) is 6.63. The second-order valence-corrected chi connectivity index (χ2v) is 5.79. The molecule has 1 aliphatic rings. The quantitative estimate of drug-likeness (QED) is 0.297. The number of nitrogens with one attached hydrogen (secondary N) is 2. The molecule has 1 unspecified atom stereocenters. The highest BCUT2D eigenvalue weighted by atomic mass is 16.5. The summed E-state index contributed by atoms with van der Waals surface area (Å²) >= 11 is 0. The molecule has 5 heteroatoms. The molecule has 0 bridgehead atoms. The van der Waals surface area contributed by atoms with E-state index in [-0.39, 0.29) is 6.04 Å². The molecule has 19 heavy (non-hydrogen) atoms. The van der Waals surface area contributed by atoms with E-state index in [9.17, 15) is 0 Å². The maximum Gasteiger partial charge on any atom is 0.206 e. The predicted octanol–water partition coefficient (Wildman–Crippen LogP) is 1.65. The van der Waals surface area contributed by atoms with Crippen LogP contribution in [0.2, 0.25) is 0 Å². The topological polar surface area (TPSA) is 71.7 Å². The lowest BCUT2D eigenvalue weighted by Gasteiger charge is -2.25. The Balaban J connectivity index is 2.24. The summed E-state index contributed by atoms with van der Waals surface area (Å²) in [7, 11) is 1.69. The van der Waals surface area contributed by atoms with E-state index in [2.05, 4.69) is 22.7 Å². The van der Waals surface area contributed by atoms with Crippen LogP contribution >= 0.6 is 0 Å². The molecule has 4 N–H and O–H groups in total. The Hall–Kier alpha value is -0.810. The predicted molar refractivity (Wildman–Crippen MR) is 79.8 cm³/mol. The molecule has 0 spiro atoms. The minimum absolute atomic E-state index is 0.204. The zero-order valence-electron chi connectivity index (χ0n) is 12.6. The van der Waals surface area contributed by atoms with Gasteiger partial charge in [0.15, 0.2) is 0 Å². The van der Waals surface area contributed by atoms with Gasteiger partial charge < -0.3 is 10.1 Å². The summed E-state index contributed by atoms with van der Waals surface area (Å²) in [5.74, 6) is 7.89. The first-order chi connectivity index (χ1) is 9.15. The van der Waals surface area contributed by atoms with Gasteiger partial charge in [0.1, 0.15) is 0 Å². The van der Waals surface area contributed by atoms with Gasteiger partial charge in [0.05, 0.1) is 6.61 Å². The van der Waals surface area contributed by atoms with Gasteiger partial charge >= 0.3 is 0 Å². The van der Waals surface area contributed by atoms with Gasteiger partial charge in [0.25, 0.3) is 0 Å². The highest BCUT2D eigenvalue weighted by Crippen LogP contribution is 2.30. The molecule has 0 radical (unpaired) electrons. The Labute approximate surface area is 117 Å². The van der Waals surface area contributed by atoms with E-state index < -0.39 is 0 Å². The Bertz CT molecular complexity index is 262. The molecule has 1 saturated carbocycles. The molecule has 0 saturated heterocycles. The summed E-state index contributed by atoms with van der Waals surface area (Å²) in [6.45, 7) is 5.87. The van der Waals surface area contributed by atoms with E-state index in [1.165, 1.54) is 25.7 Å². The van der Waals surface area contributed by atoms with Crippen molar-refractivity contribution in [2.75, 3.05) is 20.3 Å². The van der Waals surface area contributed by atoms with Crippen molar-refractivity contribution in [1.82, 2.24) is 10.7 Å². The minimum Gasteiger partial charge on any atom is -0.383 e. The normalized spacial score (nSPS) is 26.0. The van der Waals surface area contributed by atoms with Crippen LogP contribution in [0.5, 0.6) is 0 Å². The van der Waals surface area contributed by atoms with Crippen molar-refractivity contribution in [3.8, 4) is 0 Å². The molecular formula is C14H30N4O. The van der Waals surface area contributed by atoms with E-state index >= 15 is 0 Å². The van der Waals surface area contributed by atoms with Gasteiger partial charge in [0.2, 0.25) is 5.96 Å². The van der Waals surface area contributed by atoms with Gasteiger partial charge in [0, 0.05) is 19.7 Å². The average molecular weight is 270 g/mol. The maximum absolute atomic E-state index is 5.47. The van der Waals surface area contributed by atoms with Crippen molar-refractivity contribution < 1.29 is 4.74 Å². The second kappa shape index (κ2) is 9.15. The number of hydrogen-bond acceptors (Lipinski definition) is 3. The van der Waals surface area contributed by atoms with Gasteiger partial charge in [-0.05, 0) is 25.2 Å². The van der Waals surface area contributed by atoms with Crippen molar-refractivity contribution in [2.45, 2.75) is 52.0 Å². The van der Waals surface area contributed by atoms with E-state index in [0.717, 1.165) is 24.8 Å². The van der Waals surface area contributed by atoms with Gasteiger partial charge in [-0.1, -0.05) is 32.6 Å². The monoisotopic (exact) mass is 270 g/mol. The molecule has 5 nitrogen and oxygen atoms in total. The number of methoxy groups -OCH3 is 1. The third-order valence-electron chi connectivity index (χ3n) is 3.88. The van der Waals surface area contributed by atoms with Gasteiger partial charge in [-0.3, -0.25) is 10.4 Å². The van der Waals surface area contributed by atoms with Crippen molar-refractivity contribution in [3.63, 3.8) is 0 Å². The number of guanidine groups is 1. The van der Waals surface area contributed by atoms with Crippen molar-refractivity contribution >= 4 is 5.96 Å². The number of rotatable bonds is 6. The van der Waals surface area contributed by atoms with Crippen LogP contribution in [0.25, 0.3) is 0 Å². The minimum atomic E-state index is 0.204. The van der Waals surface area contributed by atoms with Crippen LogP contribution < -0.4 is 16.6 Å². The summed E-state index contributed by atoms with van der Waals surface area (Å²) in [6, 6.07) is 0.204. The molecule has 112 valence electrons. The summed E-state index contributed by atoms with van der Waals surface area (Å²) < 4.78 is 5.07. The Kier molecular flexibility index (Phi) is 7.82. The van der Waals surface area contributed by atoms with Crippen LogP contribution in [0.4, 0.5) is 0 Å². The zero-order chi connectivity index (χ0) is 14.1. The Morgan fingerprint density at radius 2 is 2.05 bits per heavy atom. The van der Waals surface area contributed by atoms with E-state index in [0.29, 0.717) is 12.6 Å². The number of hydrogen-bond donors (Lipinski definition) is 3.